The Morgan fingerprint density at radius 2 is 2.19 bits per heavy atom. The molecule has 0 unspecified atom stereocenters. The predicted octanol–water partition coefficient (Wildman–Crippen LogP) is 2.92. The fraction of sp³-hybridized carbons (Fsp3) is 0.300. The number of thioether (sulfide) groups is 1. The van der Waals surface area contributed by atoms with Crippen LogP contribution in [0.25, 0.3) is 0 Å². The fourth-order valence-corrected chi connectivity index (χ4v) is 1.64. The van der Waals surface area contributed by atoms with E-state index in [-0.39, 0.29) is 11.5 Å². The Labute approximate surface area is 94.8 Å². The largest absolute Gasteiger partial charge is 0.463 e. The number of rotatable bonds is 4. The van der Waals surface area contributed by atoms with Crippen molar-refractivity contribution in [3.63, 3.8) is 0 Å². The van der Waals surface area contributed by atoms with Gasteiger partial charge in [-0.3, -0.25) is 0 Å². The van der Waals surface area contributed by atoms with Crippen LogP contribution in [0.5, 0.6) is 0 Å². The molecule has 0 spiro atoms. The van der Waals surface area contributed by atoms with Crippen LogP contribution < -0.4 is 0 Å². The van der Waals surface area contributed by atoms with Crippen LogP contribution in [0.4, 0.5) is 13.2 Å². The van der Waals surface area contributed by atoms with Crippen LogP contribution in [0.2, 0.25) is 0 Å². The van der Waals surface area contributed by atoms with E-state index in [1.165, 1.54) is 6.92 Å². The standard InChI is InChI=1S/C10H9F3O2S/c1-2-15-10(14)9(13)16-8-4-3-6(11)5-7(8)12/h3-5,9H,2H2,1H3/t9-/m1/s1. The minimum atomic E-state index is -2.01. The van der Waals surface area contributed by atoms with E-state index in [0.717, 1.165) is 12.1 Å². The summed E-state index contributed by atoms with van der Waals surface area (Å²) in [4.78, 5) is 10.8. The summed E-state index contributed by atoms with van der Waals surface area (Å²) < 4.78 is 43.2. The van der Waals surface area contributed by atoms with Gasteiger partial charge < -0.3 is 4.74 Å². The summed E-state index contributed by atoms with van der Waals surface area (Å²) in [5.74, 6) is -2.73. The number of ether oxygens (including phenoxy) is 1. The Hall–Kier alpha value is -1.17. The molecule has 0 N–H and O–H groups in total. The van der Waals surface area contributed by atoms with Crippen LogP contribution in [0, 0.1) is 11.6 Å². The zero-order chi connectivity index (χ0) is 12.1. The van der Waals surface area contributed by atoms with E-state index in [1.54, 1.807) is 0 Å². The molecule has 1 aromatic carbocycles. The number of carbonyl (C=O) groups is 1. The molecule has 0 aliphatic carbocycles. The molecular formula is C10H9F3O2S. The average molecular weight is 250 g/mol. The fourth-order valence-electron chi connectivity index (χ4n) is 0.938. The van der Waals surface area contributed by atoms with Gasteiger partial charge in [0.05, 0.1) is 6.61 Å². The molecule has 0 bridgehead atoms. The van der Waals surface area contributed by atoms with E-state index in [2.05, 4.69) is 4.74 Å². The summed E-state index contributed by atoms with van der Waals surface area (Å²) >= 11 is 0.344. The van der Waals surface area contributed by atoms with Gasteiger partial charge in [0.2, 0.25) is 5.50 Å². The highest BCUT2D eigenvalue weighted by Crippen LogP contribution is 2.28. The number of benzene rings is 1. The molecule has 16 heavy (non-hydrogen) atoms. The van der Waals surface area contributed by atoms with Gasteiger partial charge in [0, 0.05) is 11.0 Å². The highest BCUT2D eigenvalue weighted by Gasteiger charge is 2.21. The van der Waals surface area contributed by atoms with E-state index in [4.69, 9.17) is 0 Å². The lowest BCUT2D eigenvalue weighted by molar-refractivity contribution is -0.145. The van der Waals surface area contributed by atoms with Gasteiger partial charge in [0.15, 0.2) is 0 Å². The van der Waals surface area contributed by atoms with Crippen molar-refractivity contribution >= 4 is 17.7 Å². The minimum absolute atomic E-state index is 0.0473. The second-order valence-electron chi connectivity index (χ2n) is 2.76. The first-order valence-corrected chi connectivity index (χ1v) is 5.35. The van der Waals surface area contributed by atoms with Gasteiger partial charge >= 0.3 is 5.97 Å². The number of hydrogen-bond acceptors (Lipinski definition) is 3. The summed E-state index contributed by atoms with van der Waals surface area (Å²) in [6.45, 7) is 1.58. The first-order chi connectivity index (χ1) is 7.54. The van der Waals surface area contributed by atoms with Gasteiger partial charge in [-0.05, 0) is 19.1 Å². The normalized spacial score (nSPS) is 12.2. The second kappa shape index (κ2) is 5.79. The second-order valence-corrected chi connectivity index (χ2v) is 3.85. The molecule has 0 radical (unpaired) electrons. The van der Waals surface area contributed by atoms with Crippen LogP contribution in [-0.2, 0) is 9.53 Å². The number of hydrogen-bond donors (Lipinski definition) is 0. The van der Waals surface area contributed by atoms with E-state index in [0.29, 0.717) is 17.8 Å². The molecule has 6 heteroatoms. The zero-order valence-electron chi connectivity index (χ0n) is 8.38. The Morgan fingerprint density at radius 3 is 2.75 bits per heavy atom. The minimum Gasteiger partial charge on any atom is -0.463 e. The summed E-state index contributed by atoms with van der Waals surface area (Å²) in [6.07, 6.45) is 0. The molecule has 0 aliphatic heterocycles. The highest BCUT2D eigenvalue weighted by atomic mass is 32.2. The van der Waals surface area contributed by atoms with Crippen molar-refractivity contribution in [2.45, 2.75) is 17.3 Å². The van der Waals surface area contributed by atoms with E-state index in [9.17, 15) is 18.0 Å². The molecule has 0 amide bonds. The average Bonchev–Trinajstić information content (AvgIpc) is 2.22. The van der Waals surface area contributed by atoms with Crippen molar-refractivity contribution in [1.82, 2.24) is 0 Å². The number of carbonyl (C=O) groups excluding carboxylic acids is 1. The van der Waals surface area contributed by atoms with Crippen molar-refractivity contribution in [3.8, 4) is 0 Å². The van der Waals surface area contributed by atoms with Crippen LogP contribution in [-0.4, -0.2) is 18.1 Å². The van der Waals surface area contributed by atoms with Gasteiger partial charge in [0.1, 0.15) is 11.6 Å². The van der Waals surface area contributed by atoms with Crippen LogP contribution in [0.15, 0.2) is 23.1 Å². The van der Waals surface area contributed by atoms with E-state index < -0.39 is 23.1 Å². The molecule has 0 fully saturated rings. The molecule has 1 rings (SSSR count). The monoisotopic (exact) mass is 250 g/mol. The predicted molar refractivity (Wildman–Crippen MR) is 53.7 cm³/mol. The lowest BCUT2D eigenvalue weighted by Gasteiger charge is -2.07. The van der Waals surface area contributed by atoms with Crippen LogP contribution in [0.3, 0.4) is 0 Å². The first-order valence-electron chi connectivity index (χ1n) is 4.47. The smallest absolute Gasteiger partial charge is 0.351 e. The van der Waals surface area contributed by atoms with E-state index >= 15 is 0 Å². The maximum absolute atomic E-state index is 13.2. The van der Waals surface area contributed by atoms with E-state index in [1.807, 2.05) is 0 Å². The topological polar surface area (TPSA) is 26.3 Å². The summed E-state index contributed by atoms with van der Waals surface area (Å²) in [5.41, 5.74) is -2.01. The summed E-state index contributed by atoms with van der Waals surface area (Å²) in [7, 11) is 0. The van der Waals surface area contributed by atoms with Gasteiger partial charge in [-0.2, -0.15) is 0 Å². The number of esters is 1. The molecular weight excluding hydrogens is 241 g/mol. The lowest BCUT2D eigenvalue weighted by atomic mass is 10.3. The van der Waals surface area contributed by atoms with Gasteiger partial charge in [-0.1, -0.05) is 11.8 Å². The SMILES string of the molecule is CCOC(=O)[C@H](F)Sc1ccc(F)cc1F. The van der Waals surface area contributed by atoms with Crippen molar-refractivity contribution < 1.29 is 22.7 Å². The Morgan fingerprint density at radius 1 is 1.50 bits per heavy atom. The Bertz CT molecular complexity index is 384. The quantitative estimate of drug-likeness (QED) is 0.607. The highest BCUT2D eigenvalue weighted by molar-refractivity contribution is 8.00. The molecule has 0 heterocycles. The summed E-state index contributed by atoms with van der Waals surface area (Å²) in [6, 6.07) is 2.69. The third-order valence-corrected chi connectivity index (χ3v) is 2.58. The van der Waals surface area contributed by atoms with Gasteiger partial charge in [-0.15, -0.1) is 0 Å². The summed E-state index contributed by atoms with van der Waals surface area (Å²) in [5, 5.41) is 0. The van der Waals surface area contributed by atoms with Gasteiger partial charge in [-0.25, -0.2) is 18.0 Å². The molecule has 2 nitrogen and oxygen atoms in total. The molecule has 0 aromatic heterocycles. The maximum Gasteiger partial charge on any atom is 0.351 e. The first kappa shape index (κ1) is 12.9. The molecule has 0 aliphatic rings. The third-order valence-electron chi connectivity index (χ3n) is 1.60. The van der Waals surface area contributed by atoms with Crippen molar-refractivity contribution in [2.75, 3.05) is 6.61 Å². The molecule has 1 aromatic rings. The lowest BCUT2D eigenvalue weighted by Crippen LogP contribution is -2.15. The molecule has 0 saturated carbocycles. The van der Waals surface area contributed by atoms with Gasteiger partial charge in [0.25, 0.3) is 0 Å². The third kappa shape index (κ3) is 3.44. The number of halogens is 3. The van der Waals surface area contributed by atoms with Crippen molar-refractivity contribution in [3.05, 3.63) is 29.8 Å². The molecule has 1 atom stereocenters. The maximum atomic E-state index is 13.2. The van der Waals surface area contributed by atoms with Crippen molar-refractivity contribution in [2.24, 2.45) is 0 Å². The Kier molecular flexibility index (Phi) is 4.67. The molecule has 0 saturated heterocycles. The number of alkyl halides is 1. The Balaban J connectivity index is 2.69. The van der Waals surface area contributed by atoms with Crippen LogP contribution >= 0.6 is 11.8 Å². The van der Waals surface area contributed by atoms with Crippen molar-refractivity contribution in [1.29, 1.82) is 0 Å². The molecule has 88 valence electrons. The zero-order valence-corrected chi connectivity index (χ0v) is 9.19. The van der Waals surface area contributed by atoms with Crippen LogP contribution in [0.1, 0.15) is 6.92 Å².